The number of nitrogens with zero attached hydrogens (tertiary/aromatic N) is 1. The summed E-state index contributed by atoms with van der Waals surface area (Å²) in [4.78, 5) is 14.5. The number of carbonyl (C=O) groups is 1. The number of unbranched alkanes of at least 4 members (excludes halogenated alkanes) is 1. The van der Waals surface area contributed by atoms with Crippen molar-refractivity contribution in [1.29, 1.82) is 0 Å². The van der Waals surface area contributed by atoms with Crippen molar-refractivity contribution in [2.24, 2.45) is 0 Å². The molecule has 0 aliphatic carbocycles. The van der Waals surface area contributed by atoms with E-state index in [1.165, 1.54) is 12.1 Å². The fraction of sp³-hybridized carbons (Fsp3) is 0.409. The zero-order valence-corrected chi connectivity index (χ0v) is 15.8. The number of hydrogen-bond donors (Lipinski definition) is 1. The van der Waals surface area contributed by atoms with Gasteiger partial charge in [-0.2, -0.15) is 0 Å². The number of ether oxygens (including phenoxy) is 1. The number of carbonyl (C=O) groups excluding carboxylic acids is 1. The Balaban J connectivity index is 2.13. The van der Waals surface area contributed by atoms with Gasteiger partial charge in [-0.25, -0.2) is 4.39 Å². The van der Waals surface area contributed by atoms with E-state index in [0.29, 0.717) is 0 Å². The average molecular weight is 371 g/mol. The molecule has 0 saturated carbocycles. The van der Waals surface area contributed by atoms with Gasteiger partial charge >= 0.3 is 0 Å². The Hall–Kier alpha value is -2.40. The molecule has 1 aliphatic heterocycles. The molecule has 5 heteroatoms. The van der Waals surface area contributed by atoms with Crippen molar-refractivity contribution < 1.29 is 19.0 Å². The van der Waals surface area contributed by atoms with Gasteiger partial charge in [-0.15, -0.1) is 0 Å². The summed E-state index contributed by atoms with van der Waals surface area (Å²) in [5.74, 6) is 0.168. The molecule has 144 valence electrons. The molecule has 0 saturated heterocycles. The summed E-state index contributed by atoms with van der Waals surface area (Å²) in [7, 11) is 1.64. The fourth-order valence-corrected chi connectivity index (χ4v) is 3.96. The zero-order chi connectivity index (χ0) is 19.4. The summed E-state index contributed by atoms with van der Waals surface area (Å²) < 4.78 is 18.9. The minimum atomic E-state index is -0.536. The topological polar surface area (TPSA) is 49.8 Å². The monoisotopic (exact) mass is 371 g/mol. The molecule has 1 amide bonds. The van der Waals surface area contributed by atoms with Crippen LogP contribution in [0.3, 0.4) is 0 Å². The first-order valence-electron chi connectivity index (χ1n) is 9.43. The van der Waals surface area contributed by atoms with E-state index in [1.807, 2.05) is 18.2 Å². The third kappa shape index (κ3) is 3.98. The van der Waals surface area contributed by atoms with Crippen molar-refractivity contribution in [2.75, 3.05) is 13.7 Å². The molecule has 1 heterocycles. The van der Waals surface area contributed by atoms with Crippen LogP contribution in [0, 0.1) is 5.82 Å². The van der Waals surface area contributed by atoms with Crippen molar-refractivity contribution >= 4 is 5.91 Å². The summed E-state index contributed by atoms with van der Waals surface area (Å²) in [5, 5.41) is 9.60. The van der Waals surface area contributed by atoms with Crippen LogP contribution in [0.2, 0.25) is 0 Å². The van der Waals surface area contributed by atoms with Crippen molar-refractivity contribution in [3.63, 3.8) is 0 Å². The first-order valence-corrected chi connectivity index (χ1v) is 9.43. The van der Waals surface area contributed by atoms with Gasteiger partial charge < -0.3 is 14.7 Å². The van der Waals surface area contributed by atoms with E-state index in [9.17, 15) is 14.3 Å². The van der Waals surface area contributed by atoms with Crippen LogP contribution in [0.25, 0.3) is 0 Å². The summed E-state index contributed by atoms with van der Waals surface area (Å²) in [6, 6.07) is 11.8. The Morgan fingerprint density at radius 3 is 2.63 bits per heavy atom. The maximum atomic E-state index is 13.5. The van der Waals surface area contributed by atoms with Crippen LogP contribution in [-0.2, 0) is 11.2 Å². The lowest BCUT2D eigenvalue weighted by atomic mass is 9.83. The Morgan fingerprint density at radius 2 is 2.00 bits per heavy atom. The zero-order valence-electron chi connectivity index (χ0n) is 15.8. The number of fused-ring (bicyclic) bond motifs is 1. The molecule has 0 aromatic heterocycles. The van der Waals surface area contributed by atoms with E-state index in [4.69, 9.17) is 4.74 Å². The molecule has 1 aliphatic rings. The van der Waals surface area contributed by atoms with E-state index in [0.717, 1.165) is 48.1 Å². The second-order valence-corrected chi connectivity index (χ2v) is 6.98. The van der Waals surface area contributed by atoms with Crippen LogP contribution in [0.15, 0.2) is 42.5 Å². The number of methoxy groups -OCH3 is 1. The summed E-state index contributed by atoms with van der Waals surface area (Å²) in [6.45, 7) is 1.58. The third-order valence-electron chi connectivity index (χ3n) is 5.27. The van der Waals surface area contributed by atoms with Gasteiger partial charge in [-0.1, -0.05) is 38.0 Å². The number of amides is 1. The van der Waals surface area contributed by atoms with Gasteiger partial charge in [-0.3, -0.25) is 4.79 Å². The molecule has 2 aromatic carbocycles. The summed E-state index contributed by atoms with van der Waals surface area (Å²) >= 11 is 0. The number of hydrogen-bond acceptors (Lipinski definition) is 3. The molecule has 0 unspecified atom stereocenters. The van der Waals surface area contributed by atoms with Crippen LogP contribution >= 0.6 is 0 Å². The SMILES string of the molecule is CCCC[C@H]1Cc2cc(OC)ccc2[C@H](c2ccc(F)cc2)N1C(=O)CO. The lowest BCUT2D eigenvalue weighted by Crippen LogP contribution is -2.48. The molecule has 0 fully saturated rings. The highest BCUT2D eigenvalue weighted by Gasteiger charge is 2.37. The molecule has 0 spiro atoms. The van der Waals surface area contributed by atoms with E-state index < -0.39 is 6.61 Å². The third-order valence-corrected chi connectivity index (χ3v) is 5.27. The quantitative estimate of drug-likeness (QED) is 0.839. The van der Waals surface area contributed by atoms with Gasteiger partial charge in [0.15, 0.2) is 0 Å². The number of rotatable bonds is 6. The van der Waals surface area contributed by atoms with Crippen LogP contribution < -0.4 is 4.74 Å². The largest absolute Gasteiger partial charge is 0.497 e. The lowest BCUT2D eigenvalue weighted by Gasteiger charge is -2.43. The van der Waals surface area contributed by atoms with Gasteiger partial charge in [0.25, 0.3) is 0 Å². The van der Waals surface area contributed by atoms with Crippen LogP contribution in [0.4, 0.5) is 4.39 Å². The van der Waals surface area contributed by atoms with Gasteiger partial charge in [0.1, 0.15) is 18.2 Å². The van der Waals surface area contributed by atoms with Gasteiger partial charge in [0, 0.05) is 6.04 Å². The normalized spacial score (nSPS) is 18.9. The van der Waals surface area contributed by atoms with Gasteiger partial charge in [-0.05, 0) is 53.8 Å². The highest BCUT2D eigenvalue weighted by molar-refractivity contribution is 5.79. The van der Waals surface area contributed by atoms with Crippen LogP contribution in [0.5, 0.6) is 5.75 Å². The number of aliphatic hydroxyl groups is 1. The molecular weight excluding hydrogens is 345 g/mol. The predicted molar refractivity (Wildman–Crippen MR) is 102 cm³/mol. The van der Waals surface area contributed by atoms with Crippen molar-refractivity contribution in [3.05, 3.63) is 65.0 Å². The first-order chi connectivity index (χ1) is 13.1. The lowest BCUT2D eigenvalue weighted by molar-refractivity contribution is -0.139. The molecule has 3 rings (SSSR count). The minimum Gasteiger partial charge on any atom is -0.497 e. The summed E-state index contributed by atoms with van der Waals surface area (Å²) in [6.07, 6.45) is 3.60. The van der Waals surface area contributed by atoms with E-state index in [2.05, 4.69) is 6.92 Å². The minimum absolute atomic E-state index is 0.0146. The Kier molecular flexibility index (Phi) is 6.11. The number of halogens is 1. The Bertz CT molecular complexity index is 791. The number of aliphatic hydroxyl groups excluding tert-OH is 1. The molecule has 2 aromatic rings. The molecule has 27 heavy (non-hydrogen) atoms. The molecular formula is C22H26FNO3. The van der Waals surface area contributed by atoms with Crippen molar-refractivity contribution in [2.45, 2.75) is 44.7 Å². The first kappa shape index (κ1) is 19.4. The highest BCUT2D eigenvalue weighted by atomic mass is 19.1. The van der Waals surface area contributed by atoms with Gasteiger partial charge in [0.2, 0.25) is 5.91 Å². The standard InChI is InChI=1S/C22H26FNO3/c1-3-4-5-18-12-16-13-19(27-2)10-11-20(16)22(24(18)21(26)14-25)15-6-8-17(23)9-7-15/h6-11,13,18,22,25H,3-5,12,14H2,1-2H3/t18-,22-/m0/s1. The molecule has 1 N–H and O–H groups in total. The molecule has 2 atom stereocenters. The highest BCUT2D eigenvalue weighted by Crippen LogP contribution is 2.40. The molecule has 4 nitrogen and oxygen atoms in total. The van der Waals surface area contributed by atoms with E-state index >= 15 is 0 Å². The fourth-order valence-electron chi connectivity index (χ4n) is 3.96. The average Bonchev–Trinajstić information content (AvgIpc) is 2.70. The Morgan fingerprint density at radius 1 is 1.26 bits per heavy atom. The smallest absolute Gasteiger partial charge is 0.249 e. The van der Waals surface area contributed by atoms with Crippen LogP contribution in [0.1, 0.15) is 48.9 Å². The maximum absolute atomic E-state index is 13.5. The summed E-state index contributed by atoms with van der Waals surface area (Å²) in [5.41, 5.74) is 2.97. The second kappa shape index (κ2) is 8.53. The number of benzene rings is 2. The molecule has 0 bridgehead atoms. The molecule has 0 radical (unpaired) electrons. The van der Waals surface area contributed by atoms with Gasteiger partial charge in [0.05, 0.1) is 13.2 Å². The van der Waals surface area contributed by atoms with Crippen molar-refractivity contribution in [3.8, 4) is 5.75 Å². The maximum Gasteiger partial charge on any atom is 0.249 e. The van der Waals surface area contributed by atoms with E-state index in [1.54, 1.807) is 24.1 Å². The second-order valence-electron chi connectivity index (χ2n) is 6.98. The predicted octanol–water partition coefficient (Wildman–Crippen LogP) is 3.86. The van der Waals surface area contributed by atoms with Crippen molar-refractivity contribution in [1.82, 2.24) is 4.90 Å². The van der Waals surface area contributed by atoms with E-state index in [-0.39, 0.29) is 23.8 Å². The van der Waals surface area contributed by atoms with Crippen LogP contribution in [-0.4, -0.2) is 35.7 Å². The Labute approximate surface area is 159 Å².